The number of para-hydroxylation sites is 1. The summed E-state index contributed by atoms with van der Waals surface area (Å²) in [7, 11) is 0. The van der Waals surface area contributed by atoms with Crippen molar-refractivity contribution < 1.29 is 4.79 Å². The monoisotopic (exact) mass is 260 g/mol. The Bertz CT molecular complexity index is 404. The highest BCUT2D eigenvalue weighted by Crippen LogP contribution is 2.20. The van der Waals surface area contributed by atoms with E-state index in [1.807, 2.05) is 30.3 Å². The molecule has 1 amide bonds. The molecule has 1 heterocycles. The summed E-state index contributed by atoms with van der Waals surface area (Å²) in [5.41, 5.74) is 0.881. The molecule has 3 heteroatoms. The fourth-order valence-corrected chi connectivity index (χ4v) is 2.89. The molecule has 104 valence electrons. The van der Waals surface area contributed by atoms with Gasteiger partial charge in [-0.15, -0.1) is 0 Å². The second-order valence-corrected chi connectivity index (χ2v) is 5.55. The van der Waals surface area contributed by atoms with Gasteiger partial charge in [0.1, 0.15) is 0 Å². The molecule has 2 atom stereocenters. The zero-order valence-electron chi connectivity index (χ0n) is 11.9. The number of rotatable bonds is 4. The molecule has 0 saturated carbocycles. The van der Waals surface area contributed by atoms with Gasteiger partial charge in [0, 0.05) is 24.2 Å². The quantitative estimate of drug-likeness (QED) is 0.901. The van der Waals surface area contributed by atoms with Crippen molar-refractivity contribution in [2.45, 2.75) is 51.6 Å². The Morgan fingerprint density at radius 3 is 2.79 bits per heavy atom. The zero-order valence-corrected chi connectivity index (χ0v) is 11.9. The van der Waals surface area contributed by atoms with Crippen LogP contribution in [-0.2, 0) is 4.79 Å². The molecule has 1 aliphatic rings. The number of likely N-dealkylation sites (tertiary alicyclic amines) is 1. The molecule has 0 aliphatic carbocycles. The summed E-state index contributed by atoms with van der Waals surface area (Å²) in [6, 6.07) is 10.6. The summed E-state index contributed by atoms with van der Waals surface area (Å²) in [5, 5.41) is 2.96. The fraction of sp³-hybridized carbons (Fsp3) is 0.562. The van der Waals surface area contributed by atoms with Crippen LogP contribution in [0.5, 0.6) is 0 Å². The predicted molar refractivity (Wildman–Crippen MR) is 79.2 cm³/mol. The number of amides is 1. The Hall–Kier alpha value is -1.35. The molecule has 0 bridgehead atoms. The van der Waals surface area contributed by atoms with E-state index in [0.29, 0.717) is 18.5 Å². The third-order valence-electron chi connectivity index (χ3n) is 3.96. The van der Waals surface area contributed by atoms with Gasteiger partial charge < -0.3 is 5.32 Å². The van der Waals surface area contributed by atoms with Gasteiger partial charge in [0.25, 0.3) is 0 Å². The van der Waals surface area contributed by atoms with Crippen molar-refractivity contribution >= 4 is 11.6 Å². The van der Waals surface area contributed by atoms with Crippen molar-refractivity contribution in [3.63, 3.8) is 0 Å². The highest BCUT2D eigenvalue weighted by molar-refractivity contribution is 5.91. The molecule has 2 rings (SSSR count). The summed E-state index contributed by atoms with van der Waals surface area (Å²) in [6.45, 7) is 5.55. The Balaban J connectivity index is 1.84. The van der Waals surface area contributed by atoms with Crippen molar-refractivity contribution in [2.24, 2.45) is 0 Å². The van der Waals surface area contributed by atoms with Crippen molar-refractivity contribution in [1.82, 2.24) is 4.90 Å². The van der Waals surface area contributed by atoms with E-state index < -0.39 is 0 Å². The second-order valence-electron chi connectivity index (χ2n) is 5.55. The molecule has 0 radical (unpaired) electrons. The van der Waals surface area contributed by atoms with Crippen LogP contribution in [0.4, 0.5) is 5.69 Å². The van der Waals surface area contributed by atoms with Crippen LogP contribution in [0, 0.1) is 0 Å². The second kappa shape index (κ2) is 6.71. The van der Waals surface area contributed by atoms with E-state index in [-0.39, 0.29) is 5.91 Å². The van der Waals surface area contributed by atoms with E-state index in [9.17, 15) is 4.79 Å². The van der Waals surface area contributed by atoms with Crippen LogP contribution in [0.15, 0.2) is 30.3 Å². The fourth-order valence-electron chi connectivity index (χ4n) is 2.89. The molecule has 19 heavy (non-hydrogen) atoms. The molecule has 0 spiro atoms. The first-order valence-corrected chi connectivity index (χ1v) is 7.27. The lowest BCUT2D eigenvalue weighted by atomic mass is 10.0. The Labute approximate surface area is 116 Å². The number of hydrogen-bond donors (Lipinski definition) is 1. The van der Waals surface area contributed by atoms with Gasteiger partial charge >= 0.3 is 0 Å². The minimum Gasteiger partial charge on any atom is -0.326 e. The van der Waals surface area contributed by atoms with Crippen LogP contribution in [0.2, 0.25) is 0 Å². The standard InChI is InChI=1S/C16H24N2O/c1-13-8-6-7-11-18(13)14(2)12-16(19)17-15-9-4-3-5-10-15/h3-5,9-10,13-14H,6-8,11-12H2,1-2H3,(H,17,19)/t13-,14-/m0/s1. The smallest absolute Gasteiger partial charge is 0.225 e. The summed E-state index contributed by atoms with van der Waals surface area (Å²) in [5.74, 6) is 0.108. The lowest BCUT2D eigenvalue weighted by Crippen LogP contribution is -2.44. The van der Waals surface area contributed by atoms with E-state index in [0.717, 1.165) is 12.2 Å². The first kappa shape index (κ1) is 14.1. The summed E-state index contributed by atoms with van der Waals surface area (Å²) in [6.07, 6.45) is 4.40. The lowest BCUT2D eigenvalue weighted by Gasteiger charge is -2.37. The molecular weight excluding hydrogens is 236 g/mol. The van der Waals surface area contributed by atoms with Crippen LogP contribution in [0.1, 0.15) is 39.5 Å². The largest absolute Gasteiger partial charge is 0.326 e. The number of carbonyl (C=O) groups is 1. The van der Waals surface area contributed by atoms with Gasteiger partial charge in [0.05, 0.1) is 0 Å². The van der Waals surface area contributed by atoms with E-state index in [2.05, 4.69) is 24.1 Å². The number of hydrogen-bond acceptors (Lipinski definition) is 2. The molecule has 0 aromatic heterocycles. The topological polar surface area (TPSA) is 32.3 Å². The molecule has 1 N–H and O–H groups in total. The number of nitrogens with one attached hydrogen (secondary N) is 1. The molecule has 1 fully saturated rings. The van der Waals surface area contributed by atoms with Gasteiger partial charge in [-0.3, -0.25) is 9.69 Å². The number of piperidine rings is 1. The van der Waals surface area contributed by atoms with Crippen LogP contribution >= 0.6 is 0 Å². The van der Waals surface area contributed by atoms with Gasteiger partial charge in [0.2, 0.25) is 5.91 Å². The molecule has 1 aliphatic heterocycles. The minimum absolute atomic E-state index is 0.108. The maximum Gasteiger partial charge on any atom is 0.225 e. The maximum absolute atomic E-state index is 12.0. The summed E-state index contributed by atoms with van der Waals surface area (Å²) < 4.78 is 0. The third-order valence-corrected chi connectivity index (χ3v) is 3.96. The highest BCUT2D eigenvalue weighted by atomic mass is 16.1. The Morgan fingerprint density at radius 2 is 2.11 bits per heavy atom. The first-order valence-electron chi connectivity index (χ1n) is 7.27. The highest BCUT2D eigenvalue weighted by Gasteiger charge is 2.24. The van der Waals surface area contributed by atoms with Gasteiger partial charge in [0.15, 0.2) is 0 Å². The Morgan fingerprint density at radius 1 is 1.37 bits per heavy atom. The molecule has 3 nitrogen and oxygen atoms in total. The molecule has 1 saturated heterocycles. The minimum atomic E-state index is 0.108. The molecule has 1 aromatic rings. The van der Waals surface area contributed by atoms with Gasteiger partial charge in [-0.2, -0.15) is 0 Å². The average molecular weight is 260 g/mol. The van der Waals surface area contributed by atoms with E-state index >= 15 is 0 Å². The third kappa shape index (κ3) is 4.06. The van der Waals surface area contributed by atoms with Crippen molar-refractivity contribution in [3.8, 4) is 0 Å². The van der Waals surface area contributed by atoms with Crippen molar-refractivity contribution in [2.75, 3.05) is 11.9 Å². The molecular formula is C16H24N2O. The van der Waals surface area contributed by atoms with Crippen molar-refractivity contribution in [1.29, 1.82) is 0 Å². The van der Waals surface area contributed by atoms with Crippen LogP contribution in [-0.4, -0.2) is 29.4 Å². The van der Waals surface area contributed by atoms with Crippen LogP contribution < -0.4 is 5.32 Å². The number of anilines is 1. The van der Waals surface area contributed by atoms with Crippen LogP contribution in [0.3, 0.4) is 0 Å². The normalized spacial score (nSPS) is 21.9. The van der Waals surface area contributed by atoms with Gasteiger partial charge in [-0.25, -0.2) is 0 Å². The first-order chi connectivity index (χ1) is 9.16. The van der Waals surface area contributed by atoms with E-state index in [4.69, 9.17) is 0 Å². The van der Waals surface area contributed by atoms with Gasteiger partial charge in [-0.05, 0) is 45.4 Å². The number of carbonyl (C=O) groups excluding carboxylic acids is 1. The van der Waals surface area contributed by atoms with Crippen LogP contribution in [0.25, 0.3) is 0 Å². The molecule has 0 unspecified atom stereocenters. The zero-order chi connectivity index (χ0) is 13.7. The number of benzene rings is 1. The number of nitrogens with zero attached hydrogens (tertiary/aromatic N) is 1. The summed E-state index contributed by atoms with van der Waals surface area (Å²) >= 11 is 0. The van der Waals surface area contributed by atoms with E-state index in [1.54, 1.807) is 0 Å². The SMILES string of the molecule is C[C@H]1CCCCN1[C@@H](C)CC(=O)Nc1ccccc1. The lowest BCUT2D eigenvalue weighted by molar-refractivity contribution is -0.117. The molecule has 1 aromatic carbocycles. The maximum atomic E-state index is 12.0. The van der Waals surface area contributed by atoms with E-state index in [1.165, 1.54) is 19.3 Å². The summed E-state index contributed by atoms with van der Waals surface area (Å²) in [4.78, 5) is 14.5. The average Bonchev–Trinajstić information content (AvgIpc) is 2.40. The van der Waals surface area contributed by atoms with Gasteiger partial charge in [-0.1, -0.05) is 24.6 Å². The predicted octanol–water partition coefficient (Wildman–Crippen LogP) is 3.28. The van der Waals surface area contributed by atoms with Crippen molar-refractivity contribution in [3.05, 3.63) is 30.3 Å². The Kier molecular flexibility index (Phi) is 4.97.